The van der Waals surface area contributed by atoms with E-state index >= 15 is 0 Å². The lowest BCUT2D eigenvalue weighted by atomic mass is 9.83. The Labute approximate surface area is 152 Å². The number of aryl methyl sites for hydroxylation is 1. The van der Waals surface area contributed by atoms with Crippen LogP contribution in [-0.2, 0) is 11.2 Å². The summed E-state index contributed by atoms with van der Waals surface area (Å²) < 4.78 is 19.7. The van der Waals surface area contributed by atoms with Gasteiger partial charge in [-0.15, -0.1) is 0 Å². The van der Waals surface area contributed by atoms with Crippen LogP contribution < -0.4 is 4.90 Å². The Morgan fingerprint density at radius 2 is 2.19 bits per heavy atom. The molecule has 0 radical (unpaired) electrons. The first-order valence-electron chi connectivity index (χ1n) is 9.32. The van der Waals surface area contributed by atoms with Gasteiger partial charge < -0.3 is 14.2 Å². The number of halogens is 1. The van der Waals surface area contributed by atoms with Crippen molar-refractivity contribution in [2.75, 3.05) is 24.5 Å². The van der Waals surface area contributed by atoms with Crippen molar-refractivity contribution in [3.8, 4) is 0 Å². The van der Waals surface area contributed by atoms with Crippen molar-refractivity contribution in [2.45, 2.75) is 38.6 Å². The van der Waals surface area contributed by atoms with Gasteiger partial charge in [0.25, 0.3) is 0 Å². The number of hydrogen-bond donors (Lipinski definition) is 0. The molecule has 0 spiro atoms. The zero-order valence-electron chi connectivity index (χ0n) is 15.0. The number of rotatable bonds is 4. The molecule has 2 saturated heterocycles. The number of piperidine rings is 2. The van der Waals surface area contributed by atoms with Gasteiger partial charge in [-0.1, -0.05) is 0 Å². The van der Waals surface area contributed by atoms with E-state index in [9.17, 15) is 9.18 Å². The number of hydrogen-bond acceptors (Lipinski definition) is 4. The maximum Gasteiger partial charge on any atom is 0.222 e. The summed E-state index contributed by atoms with van der Waals surface area (Å²) in [6.07, 6.45) is 4.65. The largest absolute Gasteiger partial charge is 0.466 e. The van der Waals surface area contributed by atoms with Gasteiger partial charge >= 0.3 is 0 Å². The lowest BCUT2D eigenvalue weighted by Crippen LogP contribution is -2.56. The minimum atomic E-state index is -0.275. The molecule has 0 aromatic carbocycles. The van der Waals surface area contributed by atoms with Gasteiger partial charge in [0.1, 0.15) is 11.5 Å². The minimum Gasteiger partial charge on any atom is -0.466 e. The fraction of sp³-hybridized carbons (Fsp3) is 0.500. The zero-order valence-corrected chi connectivity index (χ0v) is 15.0. The van der Waals surface area contributed by atoms with E-state index in [1.807, 2.05) is 28.9 Å². The van der Waals surface area contributed by atoms with E-state index in [-0.39, 0.29) is 17.8 Å². The molecular weight excluding hydrogens is 333 g/mol. The van der Waals surface area contributed by atoms with E-state index in [0.29, 0.717) is 24.7 Å². The second-order valence-electron chi connectivity index (χ2n) is 7.26. The number of carbonyl (C=O) groups excluding carboxylic acids is 1. The van der Waals surface area contributed by atoms with Crippen molar-refractivity contribution in [3.63, 3.8) is 0 Å². The van der Waals surface area contributed by atoms with Crippen molar-refractivity contribution >= 4 is 11.7 Å². The monoisotopic (exact) mass is 357 g/mol. The molecule has 0 bridgehead atoms. The summed E-state index contributed by atoms with van der Waals surface area (Å²) in [5, 5.41) is 0. The molecule has 6 heteroatoms. The SMILES string of the molecule is Cc1ccc(CCN2C(=O)CC[C@@H]3CN(c4ncccc4F)CC[C@@H]32)o1. The Hall–Kier alpha value is -2.37. The maximum absolute atomic E-state index is 14.1. The Bertz CT molecular complexity index is 791. The molecule has 2 aliphatic heterocycles. The van der Waals surface area contributed by atoms with Crippen LogP contribution in [-0.4, -0.2) is 41.5 Å². The summed E-state index contributed by atoms with van der Waals surface area (Å²) in [5.41, 5.74) is 0. The molecule has 2 aromatic heterocycles. The molecule has 0 N–H and O–H groups in total. The first kappa shape index (κ1) is 17.1. The fourth-order valence-electron chi connectivity index (χ4n) is 4.29. The van der Waals surface area contributed by atoms with Crippen LogP contribution in [0, 0.1) is 18.7 Å². The molecule has 0 saturated carbocycles. The molecule has 5 nitrogen and oxygen atoms in total. The van der Waals surface area contributed by atoms with Crippen LogP contribution in [0.3, 0.4) is 0 Å². The molecular formula is C20H24FN3O2. The highest BCUT2D eigenvalue weighted by molar-refractivity contribution is 5.77. The normalized spacial score (nSPS) is 23.2. The van der Waals surface area contributed by atoms with Gasteiger partial charge in [0.15, 0.2) is 11.6 Å². The van der Waals surface area contributed by atoms with E-state index in [0.717, 1.165) is 43.9 Å². The number of likely N-dealkylation sites (tertiary alicyclic amines) is 1. The minimum absolute atomic E-state index is 0.229. The van der Waals surface area contributed by atoms with Crippen LogP contribution in [0.2, 0.25) is 0 Å². The quantitative estimate of drug-likeness (QED) is 0.843. The van der Waals surface area contributed by atoms with Crippen molar-refractivity contribution in [1.29, 1.82) is 0 Å². The fourth-order valence-corrected chi connectivity index (χ4v) is 4.29. The molecule has 4 rings (SSSR count). The van der Waals surface area contributed by atoms with Crippen LogP contribution in [0.5, 0.6) is 0 Å². The van der Waals surface area contributed by atoms with E-state index < -0.39 is 0 Å². The van der Waals surface area contributed by atoms with Crippen LogP contribution in [0.1, 0.15) is 30.8 Å². The van der Waals surface area contributed by atoms with E-state index in [1.54, 1.807) is 12.3 Å². The van der Waals surface area contributed by atoms with Gasteiger partial charge in [0.05, 0.1) is 0 Å². The smallest absolute Gasteiger partial charge is 0.222 e. The second kappa shape index (κ2) is 7.09. The average Bonchev–Trinajstić information content (AvgIpc) is 3.06. The Balaban J connectivity index is 1.44. The summed E-state index contributed by atoms with van der Waals surface area (Å²) in [6.45, 7) is 4.09. The molecule has 2 aromatic rings. The summed E-state index contributed by atoms with van der Waals surface area (Å²) in [7, 11) is 0. The highest BCUT2D eigenvalue weighted by Crippen LogP contribution is 2.33. The molecule has 0 unspecified atom stereocenters. The highest BCUT2D eigenvalue weighted by Gasteiger charge is 2.39. The lowest BCUT2D eigenvalue weighted by Gasteiger charge is -2.47. The van der Waals surface area contributed by atoms with Crippen LogP contribution >= 0.6 is 0 Å². The molecule has 0 aliphatic carbocycles. The van der Waals surface area contributed by atoms with Crippen LogP contribution in [0.15, 0.2) is 34.9 Å². The Morgan fingerprint density at radius 1 is 1.31 bits per heavy atom. The number of fused-ring (bicyclic) bond motifs is 1. The Morgan fingerprint density at radius 3 is 2.96 bits per heavy atom. The highest BCUT2D eigenvalue weighted by atomic mass is 19.1. The van der Waals surface area contributed by atoms with Gasteiger partial charge in [-0.25, -0.2) is 9.37 Å². The number of amides is 1. The van der Waals surface area contributed by atoms with E-state index in [1.165, 1.54) is 6.07 Å². The number of carbonyl (C=O) groups is 1. The lowest BCUT2D eigenvalue weighted by molar-refractivity contribution is -0.139. The Kier molecular flexibility index (Phi) is 4.66. The zero-order chi connectivity index (χ0) is 18.1. The average molecular weight is 357 g/mol. The van der Waals surface area contributed by atoms with Crippen molar-refractivity contribution < 1.29 is 13.6 Å². The van der Waals surface area contributed by atoms with Crippen molar-refractivity contribution in [2.24, 2.45) is 5.92 Å². The van der Waals surface area contributed by atoms with Gasteiger partial charge in [0, 0.05) is 44.7 Å². The van der Waals surface area contributed by atoms with Crippen molar-refractivity contribution in [3.05, 3.63) is 47.8 Å². The van der Waals surface area contributed by atoms with Crippen molar-refractivity contribution in [1.82, 2.24) is 9.88 Å². The molecule has 1 amide bonds. The van der Waals surface area contributed by atoms with Gasteiger partial charge in [-0.3, -0.25) is 4.79 Å². The molecule has 26 heavy (non-hydrogen) atoms. The van der Waals surface area contributed by atoms with Crippen LogP contribution in [0.25, 0.3) is 0 Å². The number of aromatic nitrogens is 1. The summed E-state index contributed by atoms with van der Waals surface area (Å²) in [4.78, 5) is 20.8. The first-order valence-corrected chi connectivity index (χ1v) is 9.32. The summed E-state index contributed by atoms with van der Waals surface area (Å²) >= 11 is 0. The van der Waals surface area contributed by atoms with Gasteiger partial charge in [-0.05, 0) is 49.9 Å². The number of pyridine rings is 1. The molecule has 2 aliphatic rings. The second-order valence-corrected chi connectivity index (χ2v) is 7.26. The molecule has 2 atom stereocenters. The molecule has 4 heterocycles. The standard InChI is InChI=1S/C20H24FN3O2/c1-14-4-6-16(26-14)8-12-24-18-9-11-23(13-15(18)5-7-19(24)25)20-17(21)3-2-10-22-20/h2-4,6,10,15,18H,5,7-9,11-13H2,1H3/t15-,18+/m1/s1. The third-order valence-electron chi connectivity index (χ3n) is 5.58. The third kappa shape index (κ3) is 3.32. The maximum atomic E-state index is 14.1. The predicted molar refractivity (Wildman–Crippen MR) is 96.4 cm³/mol. The van der Waals surface area contributed by atoms with E-state index in [4.69, 9.17) is 4.42 Å². The number of furan rings is 1. The number of nitrogens with zero attached hydrogens (tertiary/aromatic N) is 3. The van der Waals surface area contributed by atoms with Crippen LogP contribution in [0.4, 0.5) is 10.2 Å². The summed E-state index contributed by atoms with van der Waals surface area (Å²) in [5.74, 6) is 2.57. The molecule has 2 fully saturated rings. The molecule has 138 valence electrons. The van der Waals surface area contributed by atoms with E-state index in [2.05, 4.69) is 4.98 Å². The first-order chi connectivity index (χ1) is 12.6. The summed E-state index contributed by atoms with van der Waals surface area (Å²) in [6, 6.07) is 7.23. The predicted octanol–water partition coefficient (Wildman–Crippen LogP) is 3.18. The number of anilines is 1. The van der Waals surface area contributed by atoms with Gasteiger partial charge in [0.2, 0.25) is 5.91 Å². The van der Waals surface area contributed by atoms with Gasteiger partial charge in [-0.2, -0.15) is 0 Å². The topological polar surface area (TPSA) is 49.6 Å². The third-order valence-corrected chi connectivity index (χ3v) is 5.58.